The molecule has 1 saturated heterocycles. The summed E-state index contributed by atoms with van der Waals surface area (Å²) in [7, 11) is 0. The summed E-state index contributed by atoms with van der Waals surface area (Å²) in [4.78, 5) is 0. The molecule has 1 unspecified atom stereocenters. The SMILES string of the molecule is CC(C)[C@H]1COC(C)(C)OC1c1ccccc1. The molecule has 2 rings (SSSR count). The summed E-state index contributed by atoms with van der Waals surface area (Å²) in [6.07, 6.45) is 0.139. The van der Waals surface area contributed by atoms with Gasteiger partial charge in [0.15, 0.2) is 5.79 Å². The topological polar surface area (TPSA) is 18.5 Å². The van der Waals surface area contributed by atoms with E-state index in [4.69, 9.17) is 9.47 Å². The lowest BCUT2D eigenvalue weighted by Gasteiger charge is -2.43. The zero-order chi connectivity index (χ0) is 12.5. The largest absolute Gasteiger partial charge is 0.350 e. The fraction of sp³-hybridized carbons (Fsp3) is 0.600. The van der Waals surface area contributed by atoms with Gasteiger partial charge in [0.1, 0.15) is 0 Å². The molecular weight excluding hydrogens is 212 g/mol. The Bertz CT molecular complexity index is 356. The second-order valence-corrected chi connectivity index (χ2v) is 5.57. The van der Waals surface area contributed by atoms with Gasteiger partial charge in [0.05, 0.1) is 12.7 Å². The van der Waals surface area contributed by atoms with Crippen LogP contribution in [0, 0.1) is 11.8 Å². The second-order valence-electron chi connectivity index (χ2n) is 5.57. The molecule has 0 amide bonds. The molecule has 1 heterocycles. The molecule has 2 heteroatoms. The molecular formula is C15H22O2. The van der Waals surface area contributed by atoms with Crippen LogP contribution in [0.15, 0.2) is 30.3 Å². The Morgan fingerprint density at radius 1 is 1.18 bits per heavy atom. The number of rotatable bonds is 2. The van der Waals surface area contributed by atoms with E-state index < -0.39 is 5.79 Å². The van der Waals surface area contributed by atoms with Gasteiger partial charge in [-0.05, 0) is 25.3 Å². The van der Waals surface area contributed by atoms with Crippen LogP contribution in [0.2, 0.25) is 0 Å². The van der Waals surface area contributed by atoms with Gasteiger partial charge in [-0.15, -0.1) is 0 Å². The zero-order valence-electron chi connectivity index (χ0n) is 11.1. The maximum atomic E-state index is 6.11. The van der Waals surface area contributed by atoms with Gasteiger partial charge in [0.2, 0.25) is 0 Å². The molecule has 0 aliphatic carbocycles. The fourth-order valence-electron chi connectivity index (χ4n) is 2.31. The molecule has 94 valence electrons. The highest BCUT2D eigenvalue weighted by atomic mass is 16.7. The van der Waals surface area contributed by atoms with Gasteiger partial charge in [-0.2, -0.15) is 0 Å². The molecule has 0 aromatic heterocycles. The van der Waals surface area contributed by atoms with Crippen molar-refractivity contribution in [1.29, 1.82) is 0 Å². The molecule has 1 aromatic rings. The van der Waals surface area contributed by atoms with Crippen LogP contribution in [-0.4, -0.2) is 12.4 Å². The molecule has 1 aliphatic rings. The summed E-state index contributed by atoms with van der Waals surface area (Å²) in [5.41, 5.74) is 1.25. The van der Waals surface area contributed by atoms with Crippen molar-refractivity contribution >= 4 is 0 Å². The van der Waals surface area contributed by atoms with Crippen LogP contribution < -0.4 is 0 Å². The van der Waals surface area contributed by atoms with E-state index in [1.165, 1.54) is 5.56 Å². The maximum Gasteiger partial charge on any atom is 0.163 e. The van der Waals surface area contributed by atoms with Gasteiger partial charge in [0, 0.05) is 5.92 Å². The number of hydrogen-bond acceptors (Lipinski definition) is 2. The zero-order valence-corrected chi connectivity index (χ0v) is 11.1. The van der Waals surface area contributed by atoms with Crippen molar-refractivity contribution in [2.45, 2.75) is 39.6 Å². The first-order valence-corrected chi connectivity index (χ1v) is 6.36. The van der Waals surface area contributed by atoms with Crippen LogP contribution in [0.5, 0.6) is 0 Å². The van der Waals surface area contributed by atoms with Crippen molar-refractivity contribution in [2.24, 2.45) is 11.8 Å². The molecule has 0 N–H and O–H groups in total. The van der Waals surface area contributed by atoms with Crippen molar-refractivity contribution < 1.29 is 9.47 Å². The molecule has 0 radical (unpaired) electrons. The number of hydrogen-bond donors (Lipinski definition) is 0. The van der Waals surface area contributed by atoms with E-state index in [-0.39, 0.29) is 6.10 Å². The smallest absolute Gasteiger partial charge is 0.163 e. The van der Waals surface area contributed by atoms with Gasteiger partial charge in [0.25, 0.3) is 0 Å². The standard InChI is InChI=1S/C15H22O2/c1-11(2)13-10-16-15(3,4)17-14(13)12-8-6-5-7-9-12/h5-9,11,13-14H,10H2,1-4H3/t13-,14?/m1/s1. The van der Waals surface area contributed by atoms with E-state index in [0.717, 1.165) is 6.61 Å². The minimum atomic E-state index is -0.480. The molecule has 1 fully saturated rings. The fourth-order valence-corrected chi connectivity index (χ4v) is 2.31. The Morgan fingerprint density at radius 2 is 1.82 bits per heavy atom. The van der Waals surface area contributed by atoms with Crippen LogP contribution in [0.3, 0.4) is 0 Å². The third-order valence-electron chi connectivity index (χ3n) is 3.41. The lowest BCUT2D eigenvalue weighted by atomic mass is 9.86. The highest BCUT2D eigenvalue weighted by Gasteiger charge is 2.38. The van der Waals surface area contributed by atoms with Crippen LogP contribution >= 0.6 is 0 Å². The first-order valence-electron chi connectivity index (χ1n) is 6.36. The third kappa shape index (κ3) is 2.88. The van der Waals surface area contributed by atoms with E-state index in [0.29, 0.717) is 11.8 Å². The van der Waals surface area contributed by atoms with Gasteiger partial charge in [-0.25, -0.2) is 0 Å². The highest BCUT2D eigenvalue weighted by molar-refractivity contribution is 5.19. The Labute approximate surface area is 104 Å². The van der Waals surface area contributed by atoms with Crippen molar-refractivity contribution in [1.82, 2.24) is 0 Å². The number of ether oxygens (including phenoxy) is 2. The van der Waals surface area contributed by atoms with Gasteiger partial charge >= 0.3 is 0 Å². The molecule has 2 nitrogen and oxygen atoms in total. The summed E-state index contributed by atoms with van der Waals surface area (Å²) in [5.74, 6) is 0.494. The van der Waals surface area contributed by atoms with Crippen LogP contribution in [-0.2, 0) is 9.47 Å². The molecule has 17 heavy (non-hydrogen) atoms. The number of benzene rings is 1. The Morgan fingerprint density at radius 3 is 2.41 bits per heavy atom. The van der Waals surface area contributed by atoms with Gasteiger partial charge in [-0.3, -0.25) is 0 Å². The Kier molecular flexibility index (Phi) is 3.55. The Hall–Kier alpha value is -0.860. The molecule has 0 saturated carbocycles. The molecule has 1 aliphatic heterocycles. The average molecular weight is 234 g/mol. The predicted octanol–water partition coefficient (Wildman–Crippen LogP) is 3.78. The summed E-state index contributed by atoms with van der Waals surface area (Å²) < 4.78 is 11.9. The van der Waals surface area contributed by atoms with E-state index in [2.05, 4.69) is 38.1 Å². The van der Waals surface area contributed by atoms with Crippen molar-refractivity contribution in [2.75, 3.05) is 6.61 Å². The molecule has 0 spiro atoms. The summed E-state index contributed by atoms with van der Waals surface area (Å²) in [5, 5.41) is 0. The minimum Gasteiger partial charge on any atom is -0.350 e. The molecule has 1 aromatic carbocycles. The summed E-state index contributed by atoms with van der Waals surface area (Å²) in [6, 6.07) is 10.5. The monoisotopic (exact) mass is 234 g/mol. The predicted molar refractivity (Wildman–Crippen MR) is 68.6 cm³/mol. The van der Waals surface area contributed by atoms with Crippen molar-refractivity contribution in [3.05, 3.63) is 35.9 Å². The molecule has 2 atom stereocenters. The summed E-state index contributed by atoms with van der Waals surface area (Å²) >= 11 is 0. The first-order chi connectivity index (χ1) is 7.99. The maximum absolute atomic E-state index is 6.11. The van der Waals surface area contributed by atoms with E-state index >= 15 is 0 Å². The van der Waals surface area contributed by atoms with Crippen molar-refractivity contribution in [3.63, 3.8) is 0 Å². The minimum absolute atomic E-state index is 0.139. The normalized spacial score (nSPS) is 28.3. The summed E-state index contributed by atoms with van der Waals surface area (Å²) in [6.45, 7) is 9.19. The molecule has 0 bridgehead atoms. The lowest BCUT2D eigenvalue weighted by Crippen LogP contribution is -2.43. The Balaban J connectivity index is 2.26. The highest BCUT2D eigenvalue weighted by Crippen LogP contribution is 2.39. The average Bonchev–Trinajstić information content (AvgIpc) is 2.28. The quantitative estimate of drug-likeness (QED) is 0.775. The lowest BCUT2D eigenvalue weighted by molar-refractivity contribution is -0.300. The first kappa shape index (κ1) is 12.6. The van der Waals surface area contributed by atoms with Crippen LogP contribution in [0.25, 0.3) is 0 Å². The van der Waals surface area contributed by atoms with Gasteiger partial charge < -0.3 is 9.47 Å². The third-order valence-corrected chi connectivity index (χ3v) is 3.41. The van der Waals surface area contributed by atoms with Gasteiger partial charge in [-0.1, -0.05) is 44.2 Å². The van der Waals surface area contributed by atoms with Crippen LogP contribution in [0.4, 0.5) is 0 Å². The van der Waals surface area contributed by atoms with E-state index in [1.54, 1.807) is 0 Å². The van der Waals surface area contributed by atoms with Crippen LogP contribution in [0.1, 0.15) is 39.4 Å². The second kappa shape index (κ2) is 4.79. The van der Waals surface area contributed by atoms with Crippen molar-refractivity contribution in [3.8, 4) is 0 Å². The van der Waals surface area contributed by atoms with E-state index in [9.17, 15) is 0 Å². The van der Waals surface area contributed by atoms with E-state index in [1.807, 2.05) is 19.9 Å².